The molecule has 4 nitrogen and oxygen atoms in total. The Balaban J connectivity index is 1.87. The lowest BCUT2D eigenvalue weighted by Crippen LogP contribution is -2.42. The summed E-state index contributed by atoms with van der Waals surface area (Å²) in [7, 11) is 0. The average Bonchev–Trinajstić information content (AvgIpc) is 2.72. The molecular weight excluding hydrogens is 200 g/mol. The van der Waals surface area contributed by atoms with Gasteiger partial charge in [-0.25, -0.2) is 4.98 Å². The molecular formula is C9H12N2O2S. The van der Waals surface area contributed by atoms with Crippen molar-refractivity contribution >= 4 is 17.1 Å². The maximum atomic E-state index is 11.6. The molecule has 76 valence electrons. The summed E-state index contributed by atoms with van der Waals surface area (Å²) in [6.45, 7) is 2.19. The summed E-state index contributed by atoms with van der Waals surface area (Å²) in [6, 6.07) is 0.153. The van der Waals surface area contributed by atoms with Gasteiger partial charge in [0.2, 0.25) is 0 Å². The number of hydrogen-bond donors (Lipinski definition) is 1. The lowest BCUT2D eigenvalue weighted by atomic mass is 10.1. The monoisotopic (exact) mass is 212 g/mol. The molecule has 5 heteroatoms. The van der Waals surface area contributed by atoms with Gasteiger partial charge in [0.1, 0.15) is 0 Å². The lowest BCUT2D eigenvalue weighted by molar-refractivity contribution is 0.0676. The van der Waals surface area contributed by atoms with Crippen molar-refractivity contribution in [2.75, 3.05) is 19.8 Å². The molecule has 0 saturated carbocycles. The van der Waals surface area contributed by atoms with E-state index in [9.17, 15) is 4.79 Å². The Kier molecular flexibility index (Phi) is 3.23. The lowest BCUT2D eigenvalue weighted by Gasteiger charge is -2.22. The van der Waals surface area contributed by atoms with E-state index in [1.54, 1.807) is 6.20 Å². The first-order valence-electron chi connectivity index (χ1n) is 4.60. The Morgan fingerprint density at radius 2 is 2.71 bits per heavy atom. The topological polar surface area (TPSA) is 51.2 Å². The van der Waals surface area contributed by atoms with E-state index in [1.165, 1.54) is 11.3 Å². The zero-order valence-electron chi connectivity index (χ0n) is 7.73. The van der Waals surface area contributed by atoms with Crippen LogP contribution in [-0.4, -0.2) is 36.6 Å². The van der Waals surface area contributed by atoms with Crippen molar-refractivity contribution in [3.8, 4) is 0 Å². The number of morpholine rings is 1. The van der Waals surface area contributed by atoms with E-state index in [4.69, 9.17) is 4.74 Å². The quantitative estimate of drug-likeness (QED) is 0.749. The molecule has 0 bridgehead atoms. The van der Waals surface area contributed by atoms with Crippen LogP contribution in [-0.2, 0) is 4.74 Å². The fourth-order valence-electron chi connectivity index (χ4n) is 1.42. The van der Waals surface area contributed by atoms with Crippen LogP contribution < -0.4 is 5.32 Å². The van der Waals surface area contributed by atoms with Crippen LogP contribution >= 0.6 is 11.3 Å². The number of Topliss-reactive ketones (excluding diaryl/α,β-unsaturated/α-hetero) is 1. The molecule has 1 aromatic heterocycles. The first-order valence-corrected chi connectivity index (χ1v) is 5.48. The molecule has 0 spiro atoms. The third-order valence-electron chi connectivity index (χ3n) is 2.10. The summed E-state index contributed by atoms with van der Waals surface area (Å²) in [5.41, 5.74) is 0. The number of carbonyl (C=O) groups is 1. The van der Waals surface area contributed by atoms with Crippen LogP contribution in [0, 0.1) is 0 Å². The second-order valence-corrected chi connectivity index (χ2v) is 4.09. The average molecular weight is 212 g/mol. The molecule has 1 aliphatic heterocycles. The van der Waals surface area contributed by atoms with Crippen LogP contribution in [0.25, 0.3) is 0 Å². The highest BCUT2D eigenvalue weighted by atomic mass is 32.1. The molecule has 1 atom stereocenters. The molecule has 1 N–H and O–H groups in total. The van der Waals surface area contributed by atoms with Crippen LogP contribution in [0.4, 0.5) is 0 Å². The van der Waals surface area contributed by atoms with Crippen molar-refractivity contribution < 1.29 is 9.53 Å². The highest BCUT2D eigenvalue weighted by molar-refractivity contribution is 7.11. The predicted molar refractivity (Wildman–Crippen MR) is 53.7 cm³/mol. The molecule has 0 amide bonds. The SMILES string of the molecule is O=C(CC1COCCN1)c1nccs1. The van der Waals surface area contributed by atoms with E-state index in [2.05, 4.69) is 10.3 Å². The first kappa shape index (κ1) is 9.76. The number of aromatic nitrogens is 1. The number of ketones is 1. The maximum Gasteiger partial charge on any atom is 0.193 e. The van der Waals surface area contributed by atoms with Crippen LogP contribution in [0.5, 0.6) is 0 Å². The summed E-state index contributed by atoms with van der Waals surface area (Å²) in [5.74, 6) is 0.100. The third-order valence-corrected chi connectivity index (χ3v) is 2.92. The molecule has 0 radical (unpaired) electrons. The van der Waals surface area contributed by atoms with Gasteiger partial charge in [0.15, 0.2) is 10.8 Å². The third kappa shape index (κ3) is 2.37. The fraction of sp³-hybridized carbons (Fsp3) is 0.556. The van der Waals surface area contributed by atoms with Gasteiger partial charge in [0.05, 0.1) is 13.2 Å². The van der Waals surface area contributed by atoms with Crippen molar-refractivity contribution in [2.45, 2.75) is 12.5 Å². The molecule has 2 rings (SSSR count). The van der Waals surface area contributed by atoms with Crippen molar-refractivity contribution in [1.29, 1.82) is 0 Å². The number of rotatable bonds is 3. The predicted octanol–water partition coefficient (Wildman–Crippen LogP) is 0.704. The van der Waals surface area contributed by atoms with E-state index < -0.39 is 0 Å². The van der Waals surface area contributed by atoms with Gasteiger partial charge >= 0.3 is 0 Å². The molecule has 0 aliphatic carbocycles. The Bertz CT molecular complexity index is 294. The van der Waals surface area contributed by atoms with Gasteiger partial charge in [-0.3, -0.25) is 4.79 Å². The number of carbonyl (C=O) groups excluding carboxylic acids is 1. The van der Waals surface area contributed by atoms with Crippen LogP contribution in [0.3, 0.4) is 0 Å². The number of ether oxygens (including phenoxy) is 1. The van der Waals surface area contributed by atoms with E-state index >= 15 is 0 Å². The van der Waals surface area contributed by atoms with Crippen LogP contribution in [0.15, 0.2) is 11.6 Å². The van der Waals surface area contributed by atoms with Gasteiger partial charge in [-0.05, 0) is 0 Å². The van der Waals surface area contributed by atoms with Crippen molar-refractivity contribution in [1.82, 2.24) is 10.3 Å². The van der Waals surface area contributed by atoms with Gasteiger partial charge in [-0.1, -0.05) is 0 Å². The number of thiazole rings is 1. The Hall–Kier alpha value is -0.780. The zero-order chi connectivity index (χ0) is 9.80. The minimum absolute atomic E-state index is 0.100. The smallest absolute Gasteiger partial charge is 0.193 e. The van der Waals surface area contributed by atoms with E-state index in [1.807, 2.05) is 5.38 Å². The van der Waals surface area contributed by atoms with Gasteiger partial charge in [-0.15, -0.1) is 11.3 Å². The summed E-state index contributed by atoms with van der Waals surface area (Å²) >= 11 is 1.39. The molecule has 14 heavy (non-hydrogen) atoms. The highest BCUT2D eigenvalue weighted by Gasteiger charge is 2.18. The summed E-state index contributed by atoms with van der Waals surface area (Å²) < 4.78 is 5.27. The normalized spacial score (nSPS) is 22.1. The van der Waals surface area contributed by atoms with Gasteiger partial charge in [0, 0.05) is 30.6 Å². The highest BCUT2D eigenvalue weighted by Crippen LogP contribution is 2.10. The van der Waals surface area contributed by atoms with Crippen LogP contribution in [0.2, 0.25) is 0 Å². The molecule has 1 unspecified atom stereocenters. The van der Waals surface area contributed by atoms with Crippen molar-refractivity contribution in [3.05, 3.63) is 16.6 Å². The second-order valence-electron chi connectivity index (χ2n) is 3.19. The van der Waals surface area contributed by atoms with E-state index in [0.29, 0.717) is 18.0 Å². The Morgan fingerprint density at radius 3 is 3.36 bits per heavy atom. The van der Waals surface area contributed by atoms with Gasteiger partial charge < -0.3 is 10.1 Å². The largest absolute Gasteiger partial charge is 0.378 e. The Morgan fingerprint density at radius 1 is 1.79 bits per heavy atom. The maximum absolute atomic E-state index is 11.6. The fourth-order valence-corrected chi connectivity index (χ4v) is 2.01. The number of hydrogen-bond acceptors (Lipinski definition) is 5. The van der Waals surface area contributed by atoms with E-state index in [-0.39, 0.29) is 11.8 Å². The van der Waals surface area contributed by atoms with Crippen molar-refractivity contribution in [3.63, 3.8) is 0 Å². The first-order chi connectivity index (χ1) is 6.86. The summed E-state index contributed by atoms with van der Waals surface area (Å²) in [5, 5.41) is 5.66. The molecule has 1 saturated heterocycles. The molecule has 2 heterocycles. The summed E-state index contributed by atoms with van der Waals surface area (Å²) in [6.07, 6.45) is 2.14. The van der Waals surface area contributed by atoms with E-state index in [0.717, 1.165) is 13.2 Å². The molecule has 1 fully saturated rings. The molecule has 0 aromatic carbocycles. The molecule has 1 aliphatic rings. The minimum Gasteiger partial charge on any atom is -0.378 e. The Labute approximate surface area is 86.3 Å². The second kappa shape index (κ2) is 4.63. The number of nitrogens with one attached hydrogen (secondary N) is 1. The summed E-state index contributed by atoms with van der Waals surface area (Å²) in [4.78, 5) is 15.6. The molecule has 1 aromatic rings. The standard InChI is InChI=1S/C9H12N2O2S/c12-8(9-11-2-4-14-9)5-7-6-13-3-1-10-7/h2,4,7,10H,1,3,5-6H2. The number of nitrogens with zero attached hydrogens (tertiary/aromatic N) is 1. The van der Waals surface area contributed by atoms with Crippen molar-refractivity contribution in [2.24, 2.45) is 0 Å². The van der Waals surface area contributed by atoms with Gasteiger partial charge in [0.25, 0.3) is 0 Å². The zero-order valence-corrected chi connectivity index (χ0v) is 8.55. The van der Waals surface area contributed by atoms with Gasteiger partial charge in [-0.2, -0.15) is 0 Å². The minimum atomic E-state index is 0.100. The van der Waals surface area contributed by atoms with Crippen LogP contribution in [0.1, 0.15) is 16.2 Å².